The molecule has 10 nitrogen and oxygen atoms in total. The van der Waals surface area contributed by atoms with Gasteiger partial charge in [-0.3, -0.25) is 4.79 Å². The standard InChI is InChI=1S/C22H27N7O3S/c23-8-1-9-26-19-6-10-29(11-7-19)33(31,32)20-4-2-16(3-5-20)14-28-22(30)18-12-17(13-24)21(25)27-15-18/h2-5,12-13,15,19,24,26H,1,6-7,9-11,14H2,(H2,25,27)(H,28,30). The number of nitrogens with one attached hydrogen (secondary N) is 3. The highest BCUT2D eigenvalue weighted by Gasteiger charge is 2.29. The second-order valence-corrected chi connectivity index (χ2v) is 9.65. The zero-order chi connectivity index (χ0) is 23.8. The van der Waals surface area contributed by atoms with Crippen LogP contribution in [0, 0.1) is 16.7 Å². The van der Waals surface area contributed by atoms with Crippen LogP contribution >= 0.6 is 0 Å². The first kappa shape index (κ1) is 24.3. The number of nitrogens with zero attached hydrogens (tertiary/aromatic N) is 3. The lowest BCUT2D eigenvalue weighted by atomic mass is 10.1. The molecule has 0 atom stereocenters. The number of aromatic nitrogens is 1. The number of pyridine rings is 1. The van der Waals surface area contributed by atoms with Crippen LogP contribution in [0.25, 0.3) is 0 Å². The fourth-order valence-electron chi connectivity index (χ4n) is 3.58. The smallest absolute Gasteiger partial charge is 0.253 e. The van der Waals surface area contributed by atoms with Gasteiger partial charge in [0.15, 0.2) is 0 Å². The van der Waals surface area contributed by atoms with Crippen molar-refractivity contribution < 1.29 is 13.2 Å². The third-order valence-corrected chi connectivity index (χ3v) is 7.42. The number of nitrogen functional groups attached to an aromatic ring is 1. The second-order valence-electron chi connectivity index (χ2n) is 7.71. The molecular weight excluding hydrogens is 442 g/mol. The van der Waals surface area contributed by atoms with Gasteiger partial charge in [0, 0.05) is 56.6 Å². The molecule has 11 heteroatoms. The van der Waals surface area contributed by atoms with E-state index in [0.29, 0.717) is 44.5 Å². The maximum absolute atomic E-state index is 13.0. The van der Waals surface area contributed by atoms with E-state index in [1.807, 2.05) is 0 Å². The Bertz CT molecular complexity index is 1140. The van der Waals surface area contributed by atoms with E-state index in [2.05, 4.69) is 21.7 Å². The first-order valence-electron chi connectivity index (χ1n) is 10.6. The molecule has 1 saturated heterocycles. The van der Waals surface area contributed by atoms with Crippen molar-refractivity contribution >= 4 is 28.0 Å². The van der Waals surface area contributed by atoms with Gasteiger partial charge in [-0.05, 0) is 36.6 Å². The normalized spacial score (nSPS) is 15.0. The Morgan fingerprint density at radius 3 is 2.64 bits per heavy atom. The summed E-state index contributed by atoms with van der Waals surface area (Å²) in [6.45, 7) is 1.68. The predicted octanol–water partition coefficient (Wildman–Crippen LogP) is 1.25. The lowest BCUT2D eigenvalue weighted by Crippen LogP contribution is -2.45. The number of anilines is 1. The highest BCUT2D eigenvalue weighted by Crippen LogP contribution is 2.21. The summed E-state index contributed by atoms with van der Waals surface area (Å²) in [6.07, 6.45) is 4.22. The number of benzene rings is 1. The summed E-state index contributed by atoms with van der Waals surface area (Å²) < 4.78 is 27.4. The summed E-state index contributed by atoms with van der Waals surface area (Å²) in [4.78, 5) is 16.5. The van der Waals surface area contributed by atoms with Gasteiger partial charge in [-0.25, -0.2) is 13.4 Å². The molecule has 0 spiro atoms. The molecule has 0 unspecified atom stereocenters. The monoisotopic (exact) mass is 469 g/mol. The van der Waals surface area contributed by atoms with Crippen LogP contribution in [0.2, 0.25) is 0 Å². The van der Waals surface area contributed by atoms with Crippen molar-refractivity contribution in [1.82, 2.24) is 19.9 Å². The molecule has 2 heterocycles. The van der Waals surface area contributed by atoms with Gasteiger partial charge >= 0.3 is 0 Å². The van der Waals surface area contributed by atoms with E-state index in [-0.39, 0.29) is 34.8 Å². The van der Waals surface area contributed by atoms with E-state index >= 15 is 0 Å². The second kappa shape index (κ2) is 11.0. The number of nitriles is 1. The van der Waals surface area contributed by atoms with Crippen molar-refractivity contribution in [1.29, 1.82) is 10.7 Å². The predicted molar refractivity (Wildman–Crippen MR) is 124 cm³/mol. The maximum Gasteiger partial charge on any atom is 0.253 e. The van der Waals surface area contributed by atoms with Crippen LogP contribution in [0.15, 0.2) is 41.4 Å². The Labute approximate surface area is 193 Å². The summed E-state index contributed by atoms with van der Waals surface area (Å²) in [6, 6.07) is 10.2. The fraction of sp³-hybridized carbons (Fsp3) is 0.364. The molecule has 1 aliphatic rings. The number of amides is 1. The third kappa shape index (κ3) is 6.13. The van der Waals surface area contributed by atoms with Gasteiger partial charge in [0.25, 0.3) is 5.91 Å². The Kier molecular flexibility index (Phi) is 8.11. The first-order chi connectivity index (χ1) is 15.8. The Hall–Kier alpha value is -3.33. The SMILES string of the molecule is N#CCCNC1CCN(S(=O)(=O)c2ccc(CNC(=O)c3cnc(N)c(C=N)c3)cc2)CC1. The van der Waals surface area contributed by atoms with Crippen LogP contribution in [0.4, 0.5) is 5.82 Å². The number of carbonyl (C=O) groups excluding carboxylic acids is 1. The molecular formula is C22H27N7O3S. The lowest BCUT2D eigenvalue weighted by molar-refractivity contribution is 0.0950. The fourth-order valence-corrected chi connectivity index (χ4v) is 5.05. The molecule has 1 amide bonds. The molecule has 1 aromatic carbocycles. The van der Waals surface area contributed by atoms with E-state index in [0.717, 1.165) is 11.8 Å². The zero-order valence-corrected chi connectivity index (χ0v) is 18.9. The summed E-state index contributed by atoms with van der Waals surface area (Å²) >= 11 is 0. The lowest BCUT2D eigenvalue weighted by Gasteiger charge is -2.31. The van der Waals surface area contributed by atoms with Gasteiger partial charge in [-0.1, -0.05) is 12.1 Å². The van der Waals surface area contributed by atoms with Crippen LogP contribution in [0.3, 0.4) is 0 Å². The number of piperidine rings is 1. The quantitative estimate of drug-likeness (QED) is 0.317. The zero-order valence-electron chi connectivity index (χ0n) is 18.1. The minimum absolute atomic E-state index is 0.179. The van der Waals surface area contributed by atoms with E-state index in [4.69, 9.17) is 16.4 Å². The summed E-state index contributed by atoms with van der Waals surface area (Å²) in [5.74, 6) is -0.189. The molecule has 5 N–H and O–H groups in total. The Balaban J connectivity index is 1.56. The maximum atomic E-state index is 13.0. The average Bonchev–Trinajstić information content (AvgIpc) is 2.83. The number of rotatable bonds is 9. The third-order valence-electron chi connectivity index (χ3n) is 5.51. The molecule has 1 fully saturated rings. The van der Waals surface area contributed by atoms with Crippen molar-refractivity contribution in [2.45, 2.75) is 36.7 Å². The van der Waals surface area contributed by atoms with Crippen LogP contribution < -0.4 is 16.4 Å². The van der Waals surface area contributed by atoms with Crippen molar-refractivity contribution in [3.8, 4) is 6.07 Å². The van der Waals surface area contributed by atoms with Crippen LogP contribution in [-0.2, 0) is 16.6 Å². The minimum Gasteiger partial charge on any atom is -0.383 e. The van der Waals surface area contributed by atoms with Gasteiger partial charge in [0.2, 0.25) is 10.0 Å². The van der Waals surface area contributed by atoms with E-state index < -0.39 is 10.0 Å². The van der Waals surface area contributed by atoms with Crippen molar-refractivity contribution in [3.05, 3.63) is 53.2 Å². The summed E-state index contributed by atoms with van der Waals surface area (Å²) in [5.41, 5.74) is 7.03. The molecule has 174 valence electrons. The largest absolute Gasteiger partial charge is 0.383 e. The van der Waals surface area contributed by atoms with Gasteiger partial charge in [0.1, 0.15) is 5.82 Å². The molecule has 0 radical (unpaired) electrons. The Morgan fingerprint density at radius 2 is 2.00 bits per heavy atom. The number of sulfonamides is 1. The number of hydrogen-bond donors (Lipinski definition) is 4. The first-order valence-corrected chi connectivity index (χ1v) is 12.0. The highest BCUT2D eigenvalue weighted by molar-refractivity contribution is 7.89. The number of nitrogens with two attached hydrogens (primary N) is 1. The molecule has 0 aliphatic carbocycles. The minimum atomic E-state index is -3.59. The van der Waals surface area contributed by atoms with Gasteiger partial charge in [0.05, 0.1) is 16.5 Å². The molecule has 0 bridgehead atoms. The van der Waals surface area contributed by atoms with Crippen LogP contribution in [0.1, 0.15) is 40.7 Å². The van der Waals surface area contributed by atoms with E-state index in [9.17, 15) is 13.2 Å². The van der Waals surface area contributed by atoms with E-state index in [1.165, 1.54) is 16.6 Å². The summed E-state index contributed by atoms with van der Waals surface area (Å²) in [5, 5.41) is 22.0. The van der Waals surface area contributed by atoms with Gasteiger partial charge < -0.3 is 21.8 Å². The van der Waals surface area contributed by atoms with Gasteiger partial charge in [-0.2, -0.15) is 9.57 Å². The van der Waals surface area contributed by atoms with Crippen molar-refractivity contribution in [2.75, 3.05) is 25.4 Å². The average molecular weight is 470 g/mol. The van der Waals surface area contributed by atoms with E-state index in [1.54, 1.807) is 24.3 Å². The molecule has 0 saturated carbocycles. The van der Waals surface area contributed by atoms with Crippen molar-refractivity contribution in [2.24, 2.45) is 0 Å². The van der Waals surface area contributed by atoms with Gasteiger partial charge in [-0.15, -0.1) is 0 Å². The van der Waals surface area contributed by atoms with Crippen molar-refractivity contribution in [3.63, 3.8) is 0 Å². The molecule has 2 aromatic rings. The number of hydrogen-bond acceptors (Lipinski definition) is 8. The molecule has 3 rings (SSSR count). The van der Waals surface area contributed by atoms with Crippen LogP contribution in [-0.4, -0.2) is 55.5 Å². The topological polar surface area (TPSA) is 165 Å². The molecule has 1 aliphatic heterocycles. The summed E-state index contributed by atoms with van der Waals surface area (Å²) in [7, 11) is -3.59. The molecule has 1 aromatic heterocycles. The van der Waals surface area contributed by atoms with Crippen LogP contribution in [0.5, 0.6) is 0 Å². The Morgan fingerprint density at radius 1 is 1.30 bits per heavy atom. The molecule has 33 heavy (non-hydrogen) atoms. The highest BCUT2D eigenvalue weighted by atomic mass is 32.2. The number of carbonyl (C=O) groups is 1.